The zero-order chi connectivity index (χ0) is 25.8. The molecular weight excluding hydrogens is 493 g/mol. The fourth-order valence-corrected chi connectivity index (χ4v) is 3.63. The Kier molecular flexibility index (Phi) is 7.97. The number of benzene rings is 2. The smallest absolute Gasteiger partial charge is 0.475 e. The normalized spacial score (nSPS) is 15.4. The predicted molar refractivity (Wildman–Crippen MR) is 123 cm³/mol. The second-order valence-corrected chi connectivity index (χ2v) is 8.07. The van der Waals surface area contributed by atoms with Crippen LogP contribution in [-0.4, -0.2) is 45.8 Å². The summed E-state index contributed by atoms with van der Waals surface area (Å²) in [5, 5.41) is 14.0. The highest BCUT2D eigenvalue weighted by molar-refractivity contribution is 6.33. The predicted octanol–water partition coefficient (Wildman–Crippen LogP) is 2.57. The van der Waals surface area contributed by atoms with Crippen LogP contribution in [0, 0.1) is 5.92 Å². The lowest BCUT2D eigenvalue weighted by molar-refractivity contribution is -0.192. The van der Waals surface area contributed by atoms with Gasteiger partial charge in [0.25, 0.3) is 5.56 Å². The number of rotatable bonds is 4. The number of carboxylic acids is 1. The quantitative estimate of drug-likeness (QED) is 0.424. The molecule has 1 aliphatic rings. The second kappa shape index (κ2) is 10.7. The molecule has 0 saturated carbocycles. The number of carbonyl (C=O) groups excluding carboxylic acids is 1. The van der Waals surface area contributed by atoms with E-state index in [4.69, 9.17) is 21.5 Å². The number of halogens is 4. The van der Waals surface area contributed by atoms with Crippen molar-refractivity contribution in [1.29, 1.82) is 0 Å². The van der Waals surface area contributed by atoms with E-state index in [0.29, 0.717) is 28.2 Å². The van der Waals surface area contributed by atoms with Crippen molar-refractivity contribution in [2.24, 2.45) is 5.92 Å². The van der Waals surface area contributed by atoms with Crippen LogP contribution in [0.3, 0.4) is 0 Å². The van der Waals surface area contributed by atoms with Gasteiger partial charge in [-0.2, -0.15) is 13.2 Å². The molecule has 1 fully saturated rings. The largest absolute Gasteiger partial charge is 0.490 e. The maximum atomic E-state index is 12.4. The number of amides is 1. The van der Waals surface area contributed by atoms with Crippen LogP contribution in [0.25, 0.3) is 10.9 Å². The van der Waals surface area contributed by atoms with E-state index in [-0.39, 0.29) is 18.4 Å². The lowest BCUT2D eigenvalue weighted by Gasteiger charge is -2.14. The number of nitrogens with one attached hydrogen (secondary N) is 3. The SMILES string of the molecule is O=C(Nc1cc(Cn2c(=O)[nH]c(=O)c3ccccc32)ccc1Cl)[C@H]1CCNC1.O=C(O)C(F)(F)F. The maximum absolute atomic E-state index is 12.4. The van der Waals surface area contributed by atoms with Crippen molar-refractivity contribution in [3.8, 4) is 0 Å². The number of hydrogen-bond donors (Lipinski definition) is 4. The van der Waals surface area contributed by atoms with Crippen molar-refractivity contribution >= 4 is 40.1 Å². The van der Waals surface area contributed by atoms with Gasteiger partial charge in [0.05, 0.1) is 34.1 Å². The molecule has 4 rings (SSSR count). The third kappa shape index (κ3) is 6.49. The van der Waals surface area contributed by atoms with Crippen LogP contribution in [0.1, 0.15) is 12.0 Å². The molecule has 0 aliphatic carbocycles. The van der Waals surface area contributed by atoms with Crippen molar-refractivity contribution in [3.63, 3.8) is 0 Å². The Balaban J connectivity index is 0.000000429. The van der Waals surface area contributed by atoms with Gasteiger partial charge in [0.2, 0.25) is 5.91 Å². The summed E-state index contributed by atoms with van der Waals surface area (Å²) in [7, 11) is 0. The van der Waals surface area contributed by atoms with E-state index in [1.165, 1.54) is 4.57 Å². The summed E-state index contributed by atoms with van der Waals surface area (Å²) in [5.41, 5.74) is 0.947. The molecule has 0 bridgehead atoms. The van der Waals surface area contributed by atoms with Crippen molar-refractivity contribution in [3.05, 3.63) is 73.9 Å². The number of aromatic nitrogens is 2. The third-order valence-electron chi connectivity index (χ3n) is 5.21. The van der Waals surface area contributed by atoms with Crippen molar-refractivity contribution in [1.82, 2.24) is 14.9 Å². The molecule has 9 nitrogen and oxygen atoms in total. The van der Waals surface area contributed by atoms with Crippen LogP contribution in [0.15, 0.2) is 52.1 Å². The summed E-state index contributed by atoms with van der Waals surface area (Å²) >= 11 is 6.25. The highest BCUT2D eigenvalue weighted by atomic mass is 35.5. The molecule has 1 amide bonds. The van der Waals surface area contributed by atoms with Gasteiger partial charge in [-0.3, -0.25) is 19.1 Å². The monoisotopic (exact) mass is 512 g/mol. The zero-order valence-corrected chi connectivity index (χ0v) is 18.7. The molecule has 0 radical (unpaired) electrons. The van der Waals surface area contributed by atoms with E-state index >= 15 is 0 Å². The first-order chi connectivity index (χ1) is 16.5. The van der Waals surface area contributed by atoms with Crippen LogP contribution < -0.4 is 21.9 Å². The van der Waals surface area contributed by atoms with Crippen LogP contribution in [0.4, 0.5) is 18.9 Å². The number of H-pyrrole nitrogens is 1. The van der Waals surface area contributed by atoms with E-state index in [9.17, 15) is 27.6 Å². The first kappa shape index (κ1) is 26.0. The van der Waals surface area contributed by atoms with Crippen molar-refractivity contribution in [2.75, 3.05) is 18.4 Å². The van der Waals surface area contributed by atoms with Gasteiger partial charge < -0.3 is 15.7 Å². The molecule has 0 unspecified atom stereocenters. The molecule has 1 saturated heterocycles. The minimum absolute atomic E-state index is 0.0734. The number of anilines is 1. The van der Waals surface area contributed by atoms with E-state index in [0.717, 1.165) is 18.5 Å². The Hall–Kier alpha value is -3.64. The molecule has 186 valence electrons. The van der Waals surface area contributed by atoms with Gasteiger partial charge in [0, 0.05) is 6.54 Å². The van der Waals surface area contributed by atoms with Gasteiger partial charge >= 0.3 is 17.8 Å². The average Bonchev–Trinajstić information content (AvgIpc) is 3.34. The fraction of sp³-hybridized carbons (Fsp3) is 0.273. The number of carboxylic acid groups (broad SMARTS) is 1. The second-order valence-electron chi connectivity index (χ2n) is 7.66. The number of alkyl halides is 3. The van der Waals surface area contributed by atoms with E-state index < -0.39 is 23.4 Å². The summed E-state index contributed by atoms with van der Waals surface area (Å²) in [5.74, 6) is -2.91. The number of nitrogens with zero attached hydrogens (tertiary/aromatic N) is 1. The molecule has 2 heterocycles. The molecule has 1 aliphatic heterocycles. The topological polar surface area (TPSA) is 133 Å². The number of aromatic amines is 1. The highest BCUT2D eigenvalue weighted by Crippen LogP contribution is 2.25. The number of fused-ring (bicyclic) bond motifs is 1. The van der Waals surface area contributed by atoms with Gasteiger partial charge in [-0.25, -0.2) is 9.59 Å². The Labute approximate surface area is 200 Å². The molecule has 13 heteroatoms. The van der Waals surface area contributed by atoms with Crippen molar-refractivity contribution < 1.29 is 27.9 Å². The van der Waals surface area contributed by atoms with Crippen LogP contribution in [-0.2, 0) is 16.1 Å². The lowest BCUT2D eigenvalue weighted by Crippen LogP contribution is -2.30. The Bertz CT molecular complexity index is 1360. The molecule has 2 aromatic carbocycles. The molecular formula is C22H20ClF3N4O5. The summed E-state index contributed by atoms with van der Waals surface area (Å²) in [4.78, 5) is 48.0. The number of carbonyl (C=O) groups is 2. The number of para-hydroxylation sites is 1. The molecule has 1 atom stereocenters. The van der Waals surface area contributed by atoms with Crippen LogP contribution in [0.2, 0.25) is 5.02 Å². The highest BCUT2D eigenvalue weighted by Gasteiger charge is 2.38. The summed E-state index contributed by atoms with van der Waals surface area (Å²) in [6.45, 7) is 1.72. The van der Waals surface area contributed by atoms with E-state index in [1.807, 2.05) is 0 Å². The average molecular weight is 513 g/mol. The minimum atomic E-state index is -5.08. The van der Waals surface area contributed by atoms with Gasteiger partial charge in [0.1, 0.15) is 0 Å². The fourth-order valence-electron chi connectivity index (χ4n) is 3.46. The molecule has 35 heavy (non-hydrogen) atoms. The number of aliphatic carboxylic acids is 1. The van der Waals surface area contributed by atoms with Gasteiger partial charge in [-0.15, -0.1) is 0 Å². The standard InChI is InChI=1S/C20H19ClN4O3.C2HF3O2/c21-15-6-5-12(9-16(15)23-18(26)13-7-8-22-10-13)11-25-17-4-2-1-3-14(17)19(27)24-20(25)28;3-2(4,5)1(6)7/h1-6,9,13,22H,7-8,10-11H2,(H,23,26)(H,24,27,28);(H,6,7)/t13-;/m0./s1. The number of hydrogen-bond acceptors (Lipinski definition) is 5. The van der Waals surface area contributed by atoms with Gasteiger partial charge in [-0.1, -0.05) is 29.8 Å². The Morgan fingerprint density at radius 2 is 1.86 bits per heavy atom. The van der Waals surface area contributed by atoms with E-state index in [2.05, 4.69) is 15.6 Å². The third-order valence-corrected chi connectivity index (χ3v) is 5.54. The Morgan fingerprint density at radius 1 is 1.17 bits per heavy atom. The van der Waals surface area contributed by atoms with Crippen molar-refractivity contribution in [2.45, 2.75) is 19.1 Å². The molecule has 1 aromatic heterocycles. The maximum Gasteiger partial charge on any atom is 0.490 e. The first-order valence-corrected chi connectivity index (χ1v) is 10.7. The molecule has 3 aromatic rings. The lowest BCUT2D eigenvalue weighted by atomic mass is 10.1. The zero-order valence-electron chi connectivity index (χ0n) is 18.0. The summed E-state index contributed by atoms with van der Waals surface area (Å²) in [6, 6.07) is 12.2. The Morgan fingerprint density at radius 3 is 2.49 bits per heavy atom. The van der Waals surface area contributed by atoms with Gasteiger partial charge in [0.15, 0.2) is 0 Å². The van der Waals surface area contributed by atoms with Crippen LogP contribution >= 0.6 is 11.6 Å². The van der Waals surface area contributed by atoms with Crippen LogP contribution in [0.5, 0.6) is 0 Å². The summed E-state index contributed by atoms with van der Waals surface area (Å²) in [6.07, 6.45) is -4.29. The molecule has 0 spiro atoms. The van der Waals surface area contributed by atoms with Gasteiger partial charge in [-0.05, 0) is 42.8 Å². The first-order valence-electron chi connectivity index (χ1n) is 10.3. The minimum Gasteiger partial charge on any atom is -0.475 e. The molecule has 4 N–H and O–H groups in total. The summed E-state index contributed by atoms with van der Waals surface area (Å²) < 4.78 is 33.2. The van der Waals surface area contributed by atoms with E-state index in [1.54, 1.807) is 42.5 Å².